The van der Waals surface area contributed by atoms with E-state index in [-0.39, 0.29) is 18.0 Å². The maximum atomic E-state index is 12.6. The molecule has 25 heavy (non-hydrogen) atoms. The van der Waals surface area contributed by atoms with Crippen molar-refractivity contribution in [2.45, 2.75) is 12.5 Å². The Hall–Kier alpha value is -3.12. The largest absolute Gasteiger partial charge is 0.497 e. The maximum absolute atomic E-state index is 12.6. The summed E-state index contributed by atoms with van der Waals surface area (Å²) < 4.78 is 10.7. The Balaban J connectivity index is 1.89. The SMILES string of the molecule is COc1ccc(C(=O)c2cc3cc(C(N)CC(N)=O)ccc3o2)cc1. The van der Waals surface area contributed by atoms with Crippen LogP contribution in [0.4, 0.5) is 0 Å². The number of hydrogen-bond donors (Lipinski definition) is 2. The predicted octanol–water partition coefficient (Wildman–Crippen LogP) is 2.55. The van der Waals surface area contributed by atoms with Gasteiger partial charge in [0.25, 0.3) is 0 Å². The van der Waals surface area contributed by atoms with E-state index in [1.807, 2.05) is 0 Å². The van der Waals surface area contributed by atoms with Crippen molar-refractivity contribution in [2.24, 2.45) is 11.5 Å². The first-order valence-corrected chi connectivity index (χ1v) is 7.74. The average Bonchev–Trinajstić information content (AvgIpc) is 3.03. The molecule has 0 spiro atoms. The molecule has 0 saturated carbocycles. The molecule has 1 heterocycles. The first-order valence-electron chi connectivity index (χ1n) is 7.74. The highest BCUT2D eigenvalue weighted by Crippen LogP contribution is 2.26. The van der Waals surface area contributed by atoms with Gasteiger partial charge < -0.3 is 20.6 Å². The Kier molecular flexibility index (Phi) is 4.54. The number of nitrogens with two attached hydrogens (primary N) is 2. The van der Waals surface area contributed by atoms with Gasteiger partial charge in [-0.2, -0.15) is 0 Å². The molecule has 3 aromatic rings. The monoisotopic (exact) mass is 338 g/mol. The number of primary amides is 1. The fraction of sp³-hybridized carbons (Fsp3) is 0.158. The van der Waals surface area contributed by atoms with E-state index in [1.54, 1.807) is 55.6 Å². The van der Waals surface area contributed by atoms with E-state index in [2.05, 4.69) is 0 Å². The number of methoxy groups -OCH3 is 1. The number of amides is 1. The van der Waals surface area contributed by atoms with Crippen molar-refractivity contribution in [1.82, 2.24) is 0 Å². The molecule has 6 heteroatoms. The molecular weight excluding hydrogens is 320 g/mol. The number of ether oxygens (including phenoxy) is 1. The van der Waals surface area contributed by atoms with Gasteiger partial charge in [-0.15, -0.1) is 0 Å². The number of rotatable bonds is 6. The number of furan rings is 1. The third-order valence-corrected chi connectivity index (χ3v) is 3.97. The first kappa shape index (κ1) is 16.7. The molecule has 4 N–H and O–H groups in total. The van der Waals surface area contributed by atoms with Crippen molar-refractivity contribution in [1.29, 1.82) is 0 Å². The third-order valence-electron chi connectivity index (χ3n) is 3.97. The lowest BCUT2D eigenvalue weighted by molar-refractivity contribution is -0.118. The van der Waals surface area contributed by atoms with E-state index in [4.69, 9.17) is 20.6 Å². The highest BCUT2D eigenvalue weighted by molar-refractivity contribution is 6.09. The Morgan fingerprint density at radius 2 is 1.84 bits per heavy atom. The second-order valence-electron chi connectivity index (χ2n) is 5.74. The van der Waals surface area contributed by atoms with Gasteiger partial charge in [0, 0.05) is 23.4 Å². The number of hydrogen-bond acceptors (Lipinski definition) is 5. The molecule has 1 amide bonds. The molecule has 2 aromatic carbocycles. The number of carbonyl (C=O) groups excluding carboxylic acids is 2. The molecule has 0 fully saturated rings. The maximum Gasteiger partial charge on any atom is 0.228 e. The fourth-order valence-corrected chi connectivity index (χ4v) is 2.62. The second-order valence-corrected chi connectivity index (χ2v) is 5.74. The van der Waals surface area contributed by atoms with Crippen LogP contribution in [-0.4, -0.2) is 18.8 Å². The number of benzene rings is 2. The molecule has 1 unspecified atom stereocenters. The van der Waals surface area contributed by atoms with Gasteiger partial charge in [0.1, 0.15) is 11.3 Å². The lowest BCUT2D eigenvalue weighted by Gasteiger charge is -2.09. The second kappa shape index (κ2) is 6.78. The van der Waals surface area contributed by atoms with Crippen LogP contribution >= 0.6 is 0 Å². The Morgan fingerprint density at radius 3 is 2.48 bits per heavy atom. The number of carbonyl (C=O) groups is 2. The van der Waals surface area contributed by atoms with Crippen LogP contribution in [-0.2, 0) is 4.79 Å². The zero-order chi connectivity index (χ0) is 18.0. The summed E-state index contributed by atoms with van der Waals surface area (Å²) >= 11 is 0. The molecular formula is C19H18N2O4. The van der Waals surface area contributed by atoms with Crippen molar-refractivity contribution in [3.8, 4) is 5.75 Å². The molecule has 0 aliphatic heterocycles. The van der Waals surface area contributed by atoms with E-state index >= 15 is 0 Å². The summed E-state index contributed by atoms with van der Waals surface area (Å²) in [5.74, 6) is 0.229. The zero-order valence-corrected chi connectivity index (χ0v) is 13.7. The van der Waals surface area contributed by atoms with Crippen LogP contribution in [0.3, 0.4) is 0 Å². The fourth-order valence-electron chi connectivity index (χ4n) is 2.62. The first-order chi connectivity index (χ1) is 12.0. The van der Waals surface area contributed by atoms with Crippen LogP contribution < -0.4 is 16.2 Å². The number of fused-ring (bicyclic) bond motifs is 1. The highest BCUT2D eigenvalue weighted by Gasteiger charge is 2.16. The van der Waals surface area contributed by atoms with Crippen LogP contribution in [0, 0.1) is 0 Å². The van der Waals surface area contributed by atoms with Gasteiger partial charge in [-0.25, -0.2) is 0 Å². The van der Waals surface area contributed by atoms with Crippen LogP contribution in [0.5, 0.6) is 5.75 Å². The molecule has 3 rings (SSSR count). The summed E-state index contributed by atoms with van der Waals surface area (Å²) in [5.41, 5.74) is 13.0. The predicted molar refractivity (Wildman–Crippen MR) is 93.4 cm³/mol. The third kappa shape index (κ3) is 3.54. The van der Waals surface area contributed by atoms with E-state index in [0.717, 1.165) is 10.9 Å². The summed E-state index contributed by atoms with van der Waals surface area (Å²) in [6.07, 6.45) is 0.0565. The van der Waals surface area contributed by atoms with Crippen LogP contribution in [0.15, 0.2) is 52.9 Å². The lowest BCUT2D eigenvalue weighted by atomic mass is 10.0. The van der Waals surface area contributed by atoms with Gasteiger partial charge in [-0.05, 0) is 48.0 Å². The molecule has 0 bridgehead atoms. The van der Waals surface area contributed by atoms with Crippen molar-refractivity contribution in [3.63, 3.8) is 0 Å². The molecule has 1 aromatic heterocycles. The normalized spacial score (nSPS) is 12.1. The summed E-state index contributed by atoms with van der Waals surface area (Å²) in [7, 11) is 1.57. The minimum atomic E-state index is -0.488. The smallest absolute Gasteiger partial charge is 0.228 e. The summed E-state index contributed by atoms with van der Waals surface area (Å²) in [5, 5.41) is 0.745. The molecule has 0 aliphatic carbocycles. The Morgan fingerprint density at radius 1 is 1.12 bits per heavy atom. The Labute approximate surface area is 144 Å². The van der Waals surface area contributed by atoms with E-state index in [1.165, 1.54) is 0 Å². The van der Waals surface area contributed by atoms with Crippen LogP contribution in [0.1, 0.15) is 34.1 Å². The van der Waals surface area contributed by atoms with Crippen LogP contribution in [0.25, 0.3) is 11.0 Å². The molecule has 1 atom stereocenters. The van der Waals surface area contributed by atoms with Crippen molar-refractivity contribution in [3.05, 3.63) is 65.4 Å². The van der Waals surface area contributed by atoms with Gasteiger partial charge in [0.05, 0.1) is 7.11 Å². The van der Waals surface area contributed by atoms with Gasteiger partial charge in [-0.3, -0.25) is 9.59 Å². The summed E-state index contributed by atoms with van der Waals surface area (Å²) in [4.78, 5) is 23.6. The van der Waals surface area contributed by atoms with Crippen molar-refractivity contribution >= 4 is 22.7 Å². The Bertz CT molecular complexity index is 928. The molecule has 0 aliphatic rings. The number of ketones is 1. The molecule has 6 nitrogen and oxygen atoms in total. The highest BCUT2D eigenvalue weighted by atomic mass is 16.5. The van der Waals surface area contributed by atoms with E-state index in [0.29, 0.717) is 16.9 Å². The minimum absolute atomic E-state index is 0.0565. The van der Waals surface area contributed by atoms with Gasteiger partial charge in [-0.1, -0.05) is 6.07 Å². The standard InChI is InChI=1S/C19H18N2O4/c1-24-14-5-2-11(3-6-14)19(23)17-9-13-8-12(4-7-16(13)25-17)15(20)10-18(21)22/h2-9,15H,10,20H2,1H3,(H2,21,22). The average molecular weight is 338 g/mol. The van der Waals surface area contributed by atoms with Crippen LogP contribution in [0.2, 0.25) is 0 Å². The molecule has 0 saturated heterocycles. The summed E-state index contributed by atoms with van der Waals surface area (Å²) in [6.45, 7) is 0. The van der Waals surface area contributed by atoms with E-state index in [9.17, 15) is 9.59 Å². The summed E-state index contributed by atoms with van der Waals surface area (Å²) in [6, 6.07) is 13.3. The van der Waals surface area contributed by atoms with Crippen molar-refractivity contribution < 1.29 is 18.7 Å². The van der Waals surface area contributed by atoms with E-state index < -0.39 is 11.9 Å². The quantitative estimate of drug-likeness (QED) is 0.671. The minimum Gasteiger partial charge on any atom is -0.497 e. The van der Waals surface area contributed by atoms with Gasteiger partial charge in [0.2, 0.25) is 11.7 Å². The van der Waals surface area contributed by atoms with Gasteiger partial charge >= 0.3 is 0 Å². The molecule has 128 valence electrons. The van der Waals surface area contributed by atoms with Gasteiger partial charge in [0.15, 0.2) is 5.76 Å². The lowest BCUT2D eigenvalue weighted by Crippen LogP contribution is -2.20. The topological polar surface area (TPSA) is 109 Å². The molecule has 0 radical (unpaired) electrons. The zero-order valence-electron chi connectivity index (χ0n) is 13.7. The van der Waals surface area contributed by atoms with Crippen molar-refractivity contribution in [2.75, 3.05) is 7.11 Å².